The summed E-state index contributed by atoms with van der Waals surface area (Å²) in [6.07, 6.45) is 0.311. The lowest BCUT2D eigenvalue weighted by Gasteiger charge is -2.37. The number of piperidine rings is 1. The number of rotatable bonds is 5. The number of nitrogens with zero attached hydrogens (tertiary/aromatic N) is 2. The van der Waals surface area contributed by atoms with Crippen LogP contribution in [0.25, 0.3) is 0 Å². The Labute approximate surface area is 183 Å². The van der Waals surface area contributed by atoms with E-state index in [9.17, 15) is 24.0 Å². The molecule has 0 aliphatic carbocycles. The second-order valence-electron chi connectivity index (χ2n) is 8.19. The fraction of sp³-hybridized carbons (Fsp3) is 0.500. The minimum Gasteiger partial charge on any atom is -0.464 e. The van der Waals surface area contributed by atoms with Crippen molar-refractivity contribution in [2.24, 2.45) is 11.8 Å². The van der Waals surface area contributed by atoms with Gasteiger partial charge in [-0.15, -0.1) is 0 Å². The number of benzene rings is 1. The first-order valence-corrected chi connectivity index (χ1v) is 10.7. The van der Waals surface area contributed by atoms with Crippen molar-refractivity contribution in [3.05, 3.63) is 30.3 Å². The summed E-state index contributed by atoms with van der Waals surface area (Å²) >= 11 is 0. The molecule has 0 N–H and O–H groups in total. The molecule has 2 bridgehead atoms. The van der Waals surface area contributed by atoms with Gasteiger partial charge in [-0.3, -0.25) is 19.3 Å². The highest BCUT2D eigenvalue weighted by Crippen LogP contribution is 2.64. The van der Waals surface area contributed by atoms with Crippen molar-refractivity contribution >= 4 is 35.3 Å². The largest absolute Gasteiger partial charge is 0.464 e. The smallest absolute Gasteiger partial charge is 0.349 e. The number of fused-ring (bicyclic) bond motifs is 3. The van der Waals surface area contributed by atoms with Gasteiger partial charge in [0.25, 0.3) is 11.5 Å². The zero-order valence-corrected chi connectivity index (χ0v) is 17.6. The molecule has 5 rings (SSSR count). The summed E-state index contributed by atoms with van der Waals surface area (Å²) in [5.74, 6) is -6.24. The van der Waals surface area contributed by atoms with Crippen molar-refractivity contribution < 1.29 is 38.2 Å². The van der Waals surface area contributed by atoms with Crippen molar-refractivity contribution in [2.45, 2.75) is 44.1 Å². The summed E-state index contributed by atoms with van der Waals surface area (Å²) in [6, 6.07) is 7.30. The predicted molar refractivity (Wildman–Crippen MR) is 106 cm³/mol. The summed E-state index contributed by atoms with van der Waals surface area (Å²) < 4.78 is 16.3. The molecule has 5 atom stereocenters. The molecule has 4 fully saturated rings. The van der Waals surface area contributed by atoms with Crippen LogP contribution >= 0.6 is 0 Å². The molecule has 4 aliphatic heterocycles. The minimum atomic E-state index is -2.30. The molecule has 3 amide bonds. The fourth-order valence-corrected chi connectivity index (χ4v) is 5.66. The Bertz CT molecular complexity index is 1040. The highest BCUT2D eigenvalue weighted by atomic mass is 16.6. The highest BCUT2D eigenvalue weighted by Gasteiger charge is 2.87. The molecular formula is C22H22N2O8. The first-order chi connectivity index (χ1) is 15.3. The van der Waals surface area contributed by atoms with Crippen molar-refractivity contribution in [2.75, 3.05) is 18.1 Å². The Morgan fingerprint density at radius 2 is 1.69 bits per heavy atom. The number of anilines is 1. The number of carbonyl (C=O) groups excluding carboxylic acids is 5. The first kappa shape index (κ1) is 20.6. The molecule has 4 saturated heterocycles. The van der Waals surface area contributed by atoms with Gasteiger partial charge < -0.3 is 14.2 Å². The van der Waals surface area contributed by atoms with Crippen molar-refractivity contribution in [1.29, 1.82) is 0 Å². The molecule has 1 spiro atoms. The van der Waals surface area contributed by atoms with Gasteiger partial charge in [0.1, 0.15) is 17.9 Å². The van der Waals surface area contributed by atoms with Gasteiger partial charge in [0, 0.05) is 0 Å². The maximum absolute atomic E-state index is 13.6. The lowest BCUT2D eigenvalue weighted by Crippen LogP contribution is -2.63. The molecular weight excluding hydrogens is 420 g/mol. The van der Waals surface area contributed by atoms with E-state index in [1.807, 2.05) is 0 Å². The van der Waals surface area contributed by atoms with Gasteiger partial charge in [0.05, 0.1) is 18.9 Å². The molecule has 0 radical (unpaired) electrons. The topological polar surface area (TPSA) is 120 Å². The summed E-state index contributed by atoms with van der Waals surface area (Å²) in [6.45, 7) is 3.27. The Kier molecular flexibility index (Phi) is 4.42. The molecule has 32 heavy (non-hydrogen) atoms. The molecule has 0 saturated carbocycles. The van der Waals surface area contributed by atoms with E-state index in [2.05, 4.69) is 0 Å². The minimum absolute atomic E-state index is 0.0482. The number of para-hydroxylation sites is 1. The highest BCUT2D eigenvalue weighted by molar-refractivity contribution is 6.28. The van der Waals surface area contributed by atoms with E-state index in [0.717, 1.165) is 9.80 Å². The van der Waals surface area contributed by atoms with E-state index < -0.39 is 58.9 Å². The van der Waals surface area contributed by atoms with E-state index in [1.54, 1.807) is 44.2 Å². The summed E-state index contributed by atoms with van der Waals surface area (Å²) in [5, 5.41) is 0. The third kappa shape index (κ3) is 2.25. The molecule has 4 aliphatic rings. The fourth-order valence-electron chi connectivity index (χ4n) is 5.66. The van der Waals surface area contributed by atoms with Crippen molar-refractivity contribution in [3.8, 4) is 0 Å². The van der Waals surface area contributed by atoms with Crippen LogP contribution in [-0.4, -0.2) is 65.1 Å². The van der Waals surface area contributed by atoms with Gasteiger partial charge in [0.15, 0.2) is 5.72 Å². The van der Waals surface area contributed by atoms with Crippen LogP contribution in [-0.2, 0) is 38.2 Å². The van der Waals surface area contributed by atoms with Crippen LogP contribution in [0.5, 0.6) is 0 Å². The second kappa shape index (κ2) is 6.86. The molecule has 1 aromatic rings. The standard InChI is InChI=1S/C22H22N2O8/c1-3-30-18(27)13-10-11-21-14-15(17(26)23(16(14)25)12-8-6-5-7-9-12)22(32-21,19(28)24(13)21)20(29)31-4-2/h5-9,13-15H,3-4,10-11H2,1-2H3/t13-,14-,15+,21+,22-/m0/s1. The van der Waals surface area contributed by atoms with Crippen LogP contribution in [0, 0.1) is 11.8 Å². The molecule has 10 heteroatoms. The van der Waals surface area contributed by atoms with E-state index >= 15 is 0 Å². The Hall–Kier alpha value is -3.27. The number of hydrogen-bond donors (Lipinski definition) is 0. The van der Waals surface area contributed by atoms with Crippen LogP contribution in [0.4, 0.5) is 5.69 Å². The SMILES string of the molecule is CCOC(=O)[C@@H]1CC[C@]23O[C@](C(=O)OCC)(C(=O)N12)[C@H]1C(=O)N(c2ccccc2)C(=O)[C@H]13. The average molecular weight is 442 g/mol. The zero-order chi connectivity index (χ0) is 22.8. The number of hydrogen-bond acceptors (Lipinski definition) is 8. The van der Waals surface area contributed by atoms with E-state index in [-0.39, 0.29) is 26.1 Å². The lowest BCUT2D eigenvalue weighted by atomic mass is 9.74. The van der Waals surface area contributed by atoms with Crippen LogP contribution < -0.4 is 4.90 Å². The normalized spacial score (nSPS) is 34.7. The van der Waals surface area contributed by atoms with Crippen molar-refractivity contribution in [1.82, 2.24) is 4.90 Å². The molecule has 0 aromatic heterocycles. The Morgan fingerprint density at radius 1 is 1.03 bits per heavy atom. The van der Waals surface area contributed by atoms with Gasteiger partial charge in [-0.2, -0.15) is 0 Å². The quantitative estimate of drug-likeness (QED) is 0.365. The second-order valence-corrected chi connectivity index (χ2v) is 8.19. The maximum atomic E-state index is 13.6. The van der Waals surface area contributed by atoms with E-state index in [1.165, 1.54) is 0 Å². The number of amides is 3. The number of esters is 2. The van der Waals surface area contributed by atoms with Gasteiger partial charge in [-0.25, -0.2) is 14.5 Å². The average Bonchev–Trinajstić information content (AvgIpc) is 3.45. The number of imide groups is 1. The Morgan fingerprint density at radius 3 is 2.34 bits per heavy atom. The molecule has 1 aromatic carbocycles. The van der Waals surface area contributed by atoms with Crippen LogP contribution in [0.2, 0.25) is 0 Å². The molecule has 0 unspecified atom stereocenters. The molecule has 4 heterocycles. The first-order valence-electron chi connectivity index (χ1n) is 10.7. The van der Waals surface area contributed by atoms with Gasteiger partial charge in [-0.05, 0) is 38.8 Å². The zero-order valence-electron chi connectivity index (χ0n) is 17.6. The number of ether oxygens (including phenoxy) is 3. The van der Waals surface area contributed by atoms with Gasteiger partial charge >= 0.3 is 11.9 Å². The summed E-state index contributed by atoms with van der Waals surface area (Å²) in [4.78, 5) is 68.6. The van der Waals surface area contributed by atoms with Crippen LogP contribution in [0.3, 0.4) is 0 Å². The molecule has 10 nitrogen and oxygen atoms in total. The third-order valence-electron chi connectivity index (χ3n) is 6.75. The third-order valence-corrected chi connectivity index (χ3v) is 6.75. The van der Waals surface area contributed by atoms with Crippen LogP contribution in [0.15, 0.2) is 30.3 Å². The number of carbonyl (C=O) groups is 5. The van der Waals surface area contributed by atoms with Crippen molar-refractivity contribution in [3.63, 3.8) is 0 Å². The van der Waals surface area contributed by atoms with Gasteiger partial charge in [-0.1, -0.05) is 18.2 Å². The Balaban J connectivity index is 1.65. The van der Waals surface area contributed by atoms with E-state index in [4.69, 9.17) is 14.2 Å². The maximum Gasteiger partial charge on any atom is 0.349 e. The van der Waals surface area contributed by atoms with Crippen LogP contribution in [0.1, 0.15) is 26.7 Å². The van der Waals surface area contributed by atoms with Gasteiger partial charge in [0.2, 0.25) is 11.8 Å². The predicted octanol–water partition coefficient (Wildman–Crippen LogP) is 0.388. The summed E-state index contributed by atoms with van der Waals surface area (Å²) in [5.41, 5.74) is -3.55. The summed E-state index contributed by atoms with van der Waals surface area (Å²) in [7, 11) is 0. The monoisotopic (exact) mass is 442 g/mol. The lowest BCUT2D eigenvalue weighted by molar-refractivity contribution is -0.176. The molecule has 168 valence electrons. The van der Waals surface area contributed by atoms with E-state index in [0.29, 0.717) is 5.69 Å².